The highest BCUT2D eigenvalue weighted by Crippen LogP contribution is 2.43. The van der Waals surface area contributed by atoms with Gasteiger partial charge >= 0.3 is 6.18 Å². The molecule has 2 saturated carbocycles. The standard InChI is InChI=1S/C16H18F4N5OP/c1-9(16(18,19)20)21-12-23-11(2-3-14(8-26)4-5-14)24-13(25-12)22-10-6-15(17,27)7-10/h8-10H,4-7,27H2,1H3,(H2,21,22,23,24,25). The monoisotopic (exact) mass is 403 g/mol. The van der Waals surface area contributed by atoms with E-state index in [9.17, 15) is 22.4 Å². The van der Waals surface area contributed by atoms with Crippen LogP contribution in [0.2, 0.25) is 0 Å². The summed E-state index contributed by atoms with van der Waals surface area (Å²) in [5.74, 6) is 5.04. The summed E-state index contributed by atoms with van der Waals surface area (Å²) in [5, 5.41) is 3.69. The van der Waals surface area contributed by atoms with Crippen molar-refractivity contribution >= 4 is 27.4 Å². The van der Waals surface area contributed by atoms with Gasteiger partial charge in [0.05, 0.1) is 5.41 Å². The third-order valence-corrected chi connectivity index (χ3v) is 4.89. The van der Waals surface area contributed by atoms with Crippen LogP contribution in [-0.2, 0) is 4.79 Å². The van der Waals surface area contributed by atoms with E-state index < -0.39 is 23.0 Å². The zero-order valence-corrected chi connectivity index (χ0v) is 15.6. The van der Waals surface area contributed by atoms with Crippen molar-refractivity contribution in [2.24, 2.45) is 5.41 Å². The molecule has 0 saturated heterocycles. The summed E-state index contributed by atoms with van der Waals surface area (Å²) in [7, 11) is 2.11. The Labute approximate surface area is 155 Å². The van der Waals surface area contributed by atoms with Crippen molar-refractivity contribution in [2.45, 2.75) is 56.3 Å². The molecule has 0 aromatic carbocycles. The number of halogens is 4. The molecule has 2 fully saturated rings. The number of rotatable bonds is 5. The van der Waals surface area contributed by atoms with Crippen molar-refractivity contribution < 1.29 is 22.4 Å². The van der Waals surface area contributed by atoms with Crippen LogP contribution < -0.4 is 10.6 Å². The number of carbonyl (C=O) groups is 1. The van der Waals surface area contributed by atoms with Crippen LogP contribution in [0.1, 0.15) is 38.4 Å². The average Bonchev–Trinajstić information content (AvgIpc) is 3.31. The van der Waals surface area contributed by atoms with Gasteiger partial charge in [-0.05, 0) is 25.7 Å². The number of nitrogens with zero attached hydrogens (tertiary/aromatic N) is 3. The molecule has 27 heavy (non-hydrogen) atoms. The van der Waals surface area contributed by atoms with E-state index in [0.29, 0.717) is 12.8 Å². The van der Waals surface area contributed by atoms with Crippen molar-refractivity contribution in [1.29, 1.82) is 0 Å². The highest BCUT2D eigenvalue weighted by Gasteiger charge is 2.42. The number of hydrogen-bond donors (Lipinski definition) is 2. The van der Waals surface area contributed by atoms with Crippen LogP contribution in [0.4, 0.5) is 29.5 Å². The Morgan fingerprint density at radius 1 is 1.26 bits per heavy atom. The van der Waals surface area contributed by atoms with E-state index in [1.54, 1.807) is 0 Å². The number of aldehydes is 1. The van der Waals surface area contributed by atoms with E-state index in [0.717, 1.165) is 13.2 Å². The number of hydrogen-bond acceptors (Lipinski definition) is 6. The van der Waals surface area contributed by atoms with Crippen LogP contribution in [0, 0.1) is 17.3 Å². The second kappa shape index (κ2) is 6.86. The summed E-state index contributed by atoms with van der Waals surface area (Å²) in [5.41, 5.74) is -0.714. The largest absolute Gasteiger partial charge is 0.408 e. The van der Waals surface area contributed by atoms with Gasteiger partial charge in [0.2, 0.25) is 17.7 Å². The summed E-state index contributed by atoms with van der Waals surface area (Å²) >= 11 is 0. The third kappa shape index (κ3) is 5.04. The first kappa shape index (κ1) is 19.7. The van der Waals surface area contributed by atoms with Gasteiger partial charge in [0, 0.05) is 18.9 Å². The lowest BCUT2D eigenvalue weighted by Crippen LogP contribution is -2.43. The molecule has 2 aliphatic carbocycles. The quantitative estimate of drug-likeness (QED) is 0.341. The average molecular weight is 403 g/mol. The van der Waals surface area contributed by atoms with Gasteiger partial charge in [0.25, 0.3) is 0 Å². The molecule has 2 N–H and O–H groups in total. The zero-order valence-electron chi connectivity index (χ0n) is 14.4. The number of anilines is 2. The summed E-state index contributed by atoms with van der Waals surface area (Å²) in [4.78, 5) is 22.9. The van der Waals surface area contributed by atoms with Gasteiger partial charge in [-0.15, -0.1) is 0 Å². The van der Waals surface area contributed by atoms with Gasteiger partial charge in [-0.2, -0.15) is 28.1 Å². The molecule has 0 amide bonds. The Hall–Kier alpha value is -2.01. The fourth-order valence-electron chi connectivity index (χ4n) is 2.47. The highest BCUT2D eigenvalue weighted by atomic mass is 31.0. The maximum atomic E-state index is 13.6. The van der Waals surface area contributed by atoms with Crippen LogP contribution in [0.3, 0.4) is 0 Å². The van der Waals surface area contributed by atoms with Crippen molar-refractivity contribution in [3.8, 4) is 11.8 Å². The molecule has 2 unspecified atom stereocenters. The molecule has 0 radical (unpaired) electrons. The van der Waals surface area contributed by atoms with Gasteiger partial charge in [0.1, 0.15) is 17.7 Å². The van der Waals surface area contributed by atoms with Gasteiger partial charge < -0.3 is 15.4 Å². The number of alkyl halides is 4. The molecule has 1 heterocycles. The van der Waals surface area contributed by atoms with Crippen molar-refractivity contribution in [3.05, 3.63) is 5.82 Å². The van der Waals surface area contributed by atoms with E-state index >= 15 is 0 Å². The first-order valence-corrected chi connectivity index (χ1v) is 8.91. The first-order chi connectivity index (χ1) is 12.5. The number of carbonyl (C=O) groups excluding carboxylic acids is 1. The fraction of sp³-hybridized carbons (Fsp3) is 0.625. The van der Waals surface area contributed by atoms with E-state index in [2.05, 4.69) is 46.7 Å². The van der Waals surface area contributed by atoms with Crippen LogP contribution in [-0.4, -0.2) is 44.9 Å². The number of nitrogens with one attached hydrogen (secondary N) is 2. The van der Waals surface area contributed by atoms with Crippen molar-refractivity contribution in [1.82, 2.24) is 15.0 Å². The molecule has 0 aliphatic heterocycles. The van der Waals surface area contributed by atoms with E-state index in [-0.39, 0.29) is 36.6 Å². The van der Waals surface area contributed by atoms with Gasteiger partial charge in [-0.3, -0.25) is 0 Å². The highest BCUT2D eigenvalue weighted by molar-refractivity contribution is 7.18. The van der Waals surface area contributed by atoms with Gasteiger partial charge in [-0.25, -0.2) is 4.39 Å². The molecule has 11 heteroatoms. The Kier molecular flexibility index (Phi) is 5.02. The Morgan fingerprint density at radius 2 is 1.89 bits per heavy atom. The lowest BCUT2D eigenvalue weighted by atomic mass is 9.90. The molecule has 2 aliphatic rings. The predicted molar refractivity (Wildman–Crippen MR) is 93.8 cm³/mol. The van der Waals surface area contributed by atoms with Crippen LogP contribution in [0.5, 0.6) is 0 Å². The maximum Gasteiger partial charge on any atom is 0.408 e. The van der Waals surface area contributed by atoms with Crippen LogP contribution in [0.15, 0.2) is 0 Å². The van der Waals surface area contributed by atoms with E-state index in [1.165, 1.54) is 0 Å². The molecular weight excluding hydrogens is 385 g/mol. The molecule has 2 atom stereocenters. The van der Waals surface area contributed by atoms with E-state index in [1.807, 2.05) is 0 Å². The van der Waals surface area contributed by atoms with Gasteiger partial charge in [-0.1, -0.05) is 15.2 Å². The lowest BCUT2D eigenvalue weighted by molar-refractivity contribution is -0.138. The molecule has 1 aromatic rings. The minimum absolute atomic E-state index is 0.00706. The molecule has 0 spiro atoms. The predicted octanol–water partition coefficient (Wildman–Crippen LogP) is 2.68. The lowest BCUT2D eigenvalue weighted by Gasteiger charge is -2.38. The minimum atomic E-state index is -4.48. The zero-order chi connectivity index (χ0) is 19.9. The van der Waals surface area contributed by atoms with Gasteiger partial charge in [0.15, 0.2) is 0 Å². The van der Waals surface area contributed by atoms with Crippen LogP contribution >= 0.6 is 9.24 Å². The Balaban J connectivity index is 1.82. The molecule has 146 valence electrons. The fourth-order valence-corrected chi connectivity index (χ4v) is 3.04. The molecular formula is C16H18F4N5OP. The Morgan fingerprint density at radius 3 is 2.41 bits per heavy atom. The smallest absolute Gasteiger partial charge is 0.351 e. The van der Waals surface area contributed by atoms with Crippen molar-refractivity contribution in [3.63, 3.8) is 0 Å². The molecule has 3 rings (SSSR count). The molecule has 0 bridgehead atoms. The second-order valence-corrected chi connectivity index (χ2v) is 8.06. The molecule has 1 aromatic heterocycles. The second-order valence-electron chi connectivity index (χ2n) is 7.02. The summed E-state index contributed by atoms with van der Waals surface area (Å²) in [6, 6.07) is -2.12. The minimum Gasteiger partial charge on any atom is -0.351 e. The maximum absolute atomic E-state index is 13.6. The van der Waals surface area contributed by atoms with Crippen molar-refractivity contribution in [2.75, 3.05) is 10.6 Å². The van der Waals surface area contributed by atoms with Crippen LogP contribution in [0.25, 0.3) is 0 Å². The Bertz CT molecular complexity index is 792. The summed E-state index contributed by atoms with van der Waals surface area (Å²) in [6.07, 6.45) is -2.06. The molecule has 6 nitrogen and oxygen atoms in total. The topological polar surface area (TPSA) is 79.8 Å². The normalized spacial score (nSPS) is 26.8. The SMILES string of the molecule is CC(Nc1nc(C#CC2(C=O)CC2)nc(NC2CC(F)(P)C2)n1)C(F)(F)F. The number of aromatic nitrogens is 3. The third-order valence-electron chi connectivity index (χ3n) is 4.41. The summed E-state index contributed by atoms with van der Waals surface area (Å²) in [6.45, 7) is 0.936. The first-order valence-electron chi connectivity index (χ1n) is 8.33. The van der Waals surface area contributed by atoms with E-state index in [4.69, 9.17) is 0 Å². The summed E-state index contributed by atoms with van der Waals surface area (Å²) < 4.78 is 52.0.